The van der Waals surface area contributed by atoms with Crippen LogP contribution in [0, 0.1) is 0 Å². The largest absolute Gasteiger partial charge is 0.496 e. The summed E-state index contributed by atoms with van der Waals surface area (Å²) in [4.78, 5) is 32.3. The quantitative estimate of drug-likeness (QED) is 0.333. The lowest BCUT2D eigenvalue weighted by atomic mass is 9.96. The number of para-hydroxylation sites is 1. The predicted molar refractivity (Wildman–Crippen MR) is 184 cm³/mol. The molecule has 4 aliphatic heterocycles. The van der Waals surface area contributed by atoms with Crippen LogP contribution in [-0.4, -0.2) is 104 Å². The number of benzene rings is 2. The monoisotopic (exact) mass is 682 g/mol. The molecule has 3 fully saturated rings. The van der Waals surface area contributed by atoms with Crippen molar-refractivity contribution in [3.05, 3.63) is 53.6 Å². The number of fused-ring (bicyclic) bond motifs is 1. The summed E-state index contributed by atoms with van der Waals surface area (Å²) in [6.45, 7) is 8.58. The summed E-state index contributed by atoms with van der Waals surface area (Å²) in [6.07, 6.45) is 6.26. The van der Waals surface area contributed by atoms with Crippen LogP contribution in [0.2, 0.25) is 0 Å². The maximum Gasteiger partial charge on any atom is 0.414 e. The summed E-state index contributed by atoms with van der Waals surface area (Å²) in [6, 6.07) is 13.0. The van der Waals surface area contributed by atoms with E-state index in [1.165, 1.54) is 26.4 Å². The van der Waals surface area contributed by atoms with Crippen LogP contribution in [0.25, 0.3) is 0 Å². The first-order valence-electron chi connectivity index (χ1n) is 17.5. The first kappa shape index (κ1) is 34.5. The number of cyclic esters (lactones) is 1. The van der Waals surface area contributed by atoms with Gasteiger partial charge in [-0.05, 0) is 90.1 Å². The summed E-state index contributed by atoms with van der Waals surface area (Å²) < 4.78 is 45.4. The minimum absolute atomic E-state index is 0.0477. The fraction of sp³-hybridized carbons (Fsp3) is 0.611. The van der Waals surface area contributed by atoms with Gasteiger partial charge in [0.2, 0.25) is 10.0 Å². The number of rotatable bonds is 10. The Balaban J connectivity index is 1.00. The van der Waals surface area contributed by atoms with Crippen LogP contribution >= 0.6 is 0 Å². The Kier molecular flexibility index (Phi) is 10.5. The van der Waals surface area contributed by atoms with Gasteiger partial charge in [-0.1, -0.05) is 24.6 Å². The number of methoxy groups -OCH3 is 1. The number of hydrogen-bond donors (Lipinski definition) is 0. The summed E-state index contributed by atoms with van der Waals surface area (Å²) in [5, 5.41) is 0. The number of carbonyl (C=O) groups is 2. The molecule has 12 heteroatoms. The number of hydrogen-bond acceptors (Lipinski definition) is 8. The minimum Gasteiger partial charge on any atom is -0.496 e. The number of amides is 2. The Bertz CT molecular complexity index is 1560. The average molecular weight is 683 g/mol. The van der Waals surface area contributed by atoms with Crippen molar-refractivity contribution in [3.63, 3.8) is 0 Å². The molecule has 6 rings (SSSR count). The third-order valence-electron chi connectivity index (χ3n) is 10.6. The highest BCUT2D eigenvalue weighted by molar-refractivity contribution is 7.89. The van der Waals surface area contributed by atoms with Crippen molar-refractivity contribution in [1.82, 2.24) is 14.1 Å². The molecule has 2 amide bonds. The molecular formula is C36H50N4O7S. The van der Waals surface area contributed by atoms with E-state index < -0.39 is 10.0 Å². The second kappa shape index (κ2) is 14.6. The molecule has 2 aromatic carbocycles. The number of sulfonamides is 1. The van der Waals surface area contributed by atoms with E-state index in [1.807, 2.05) is 24.3 Å². The molecule has 48 heavy (non-hydrogen) atoms. The number of anilines is 1. The molecule has 0 N–H and O–H groups in total. The van der Waals surface area contributed by atoms with E-state index in [4.69, 9.17) is 14.2 Å². The van der Waals surface area contributed by atoms with E-state index in [0.29, 0.717) is 75.3 Å². The fourth-order valence-corrected chi connectivity index (χ4v) is 9.31. The number of likely N-dealkylation sites (tertiary alicyclic amines) is 2. The third-order valence-corrected chi connectivity index (χ3v) is 12.5. The summed E-state index contributed by atoms with van der Waals surface area (Å²) in [7, 11) is -1.81. The molecule has 0 radical (unpaired) electrons. The van der Waals surface area contributed by atoms with Gasteiger partial charge in [0.25, 0.3) is 5.91 Å². The number of piperidine rings is 3. The topological polar surface area (TPSA) is 109 Å². The molecule has 11 nitrogen and oxygen atoms in total. The van der Waals surface area contributed by atoms with E-state index >= 15 is 0 Å². The van der Waals surface area contributed by atoms with Gasteiger partial charge < -0.3 is 19.1 Å². The lowest BCUT2D eigenvalue weighted by Gasteiger charge is -2.41. The van der Waals surface area contributed by atoms with Crippen molar-refractivity contribution in [2.75, 3.05) is 57.0 Å². The van der Waals surface area contributed by atoms with Crippen LogP contribution in [0.5, 0.6) is 11.5 Å². The van der Waals surface area contributed by atoms with Crippen LogP contribution in [0.3, 0.4) is 0 Å². The Morgan fingerprint density at radius 2 is 1.65 bits per heavy atom. The van der Waals surface area contributed by atoms with Crippen molar-refractivity contribution in [1.29, 1.82) is 0 Å². The molecule has 0 saturated carbocycles. The van der Waals surface area contributed by atoms with Gasteiger partial charge in [0.15, 0.2) is 0 Å². The van der Waals surface area contributed by atoms with E-state index in [1.54, 1.807) is 32.3 Å². The first-order chi connectivity index (χ1) is 23.1. The normalized spacial score (nSPS) is 20.7. The van der Waals surface area contributed by atoms with E-state index in [0.717, 1.165) is 24.3 Å². The standard InChI is InChI=1S/C36H50N4O7S/c1-36(2,38-18-7-4-8-19-38)17-24-48(43,44)39-22-15-29(16-23-39)47-30-11-12-31(33(25-30)45-3)34(41)37-20-13-28(14-21-37)40-32-10-6-5-9-27(32)26-46-35(40)42/h5-6,9-12,25,28-29H,4,7-8,13-24,26H2,1-3H3. The van der Waals surface area contributed by atoms with Gasteiger partial charge in [-0.25, -0.2) is 17.5 Å². The lowest BCUT2D eigenvalue weighted by Crippen LogP contribution is -2.50. The molecule has 0 aliphatic carbocycles. The zero-order valence-corrected chi connectivity index (χ0v) is 29.4. The van der Waals surface area contributed by atoms with Crippen LogP contribution in [0.15, 0.2) is 42.5 Å². The van der Waals surface area contributed by atoms with E-state index in [9.17, 15) is 18.0 Å². The highest BCUT2D eigenvalue weighted by atomic mass is 32.2. The van der Waals surface area contributed by atoms with Crippen molar-refractivity contribution >= 4 is 27.7 Å². The average Bonchev–Trinajstić information content (AvgIpc) is 3.11. The van der Waals surface area contributed by atoms with Gasteiger partial charge in [0.05, 0.1) is 24.1 Å². The number of carbonyl (C=O) groups excluding carboxylic acids is 2. The van der Waals surface area contributed by atoms with Crippen LogP contribution in [0.4, 0.5) is 10.5 Å². The number of nitrogens with zero attached hydrogens (tertiary/aromatic N) is 4. The second-order valence-corrected chi connectivity index (χ2v) is 16.2. The van der Waals surface area contributed by atoms with E-state index in [-0.39, 0.29) is 42.0 Å². The first-order valence-corrected chi connectivity index (χ1v) is 19.1. The van der Waals surface area contributed by atoms with Crippen LogP contribution in [0.1, 0.15) is 81.1 Å². The molecule has 0 spiro atoms. The highest BCUT2D eigenvalue weighted by Gasteiger charge is 2.36. The Hall–Kier alpha value is -3.35. The molecule has 4 heterocycles. The zero-order valence-electron chi connectivity index (χ0n) is 28.6. The van der Waals surface area contributed by atoms with Crippen molar-refractivity contribution < 1.29 is 32.2 Å². The predicted octanol–water partition coefficient (Wildman–Crippen LogP) is 5.28. The van der Waals surface area contributed by atoms with Gasteiger partial charge in [-0.3, -0.25) is 14.6 Å². The smallest absolute Gasteiger partial charge is 0.414 e. The van der Waals surface area contributed by atoms with Gasteiger partial charge in [-0.2, -0.15) is 0 Å². The molecule has 4 aliphatic rings. The van der Waals surface area contributed by atoms with Gasteiger partial charge in [-0.15, -0.1) is 0 Å². The Morgan fingerprint density at radius 1 is 0.938 bits per heavy atom. The summed E-state index contributed by atoms with van der Waals surface area (Å²) >= 11 is 0. The maximum absolute atomic E-state index is 13.6. The fourth-order valence-electron chi connectivity index (χ4n) is 7.53. The third kappa shape index (κ3) is 7.60. The molecule has 3 saturated heterocycles. The summed E-state index contributed by atoms with van der Waals surface area (Å²) in [5.74, 6) is 1.06. The maximum atomic E-state index is 13.6. The molecule has 0 atom stereocenters. The van der Waals surface area contributed by atoms with Crippen molar-refractivity contribution in [2.24, 2.45) is 0 Å². The van der Waals surface area contributed by atoms with Crippen molar-refractivity contribution in [3.8, 4) is 11.5 Å². The van der Waals surface area contributed by atoms with Crippen molar-refractivity contribution in [2.45, 2.75) is 89.5 Å². The lowest BCUT2D eigenvalue weighted by molar-refractivity contribution is 0.0705. The van der Waals surface area contributed by atoms with Crippen LogP contribution < -0.4 is 14.4 Å². The highest BCUT2D eigenvalue weighted by Crippen LogP contribution is 2.34. The Morgan fingerprint density at radius 3 is 2.35 bits per heavy atom. The molecule has 0 unspecified atom stereocenters. The second-order valence-electron chi connectivity index (χ2n) is 14.1. The minimum atomic E-state index is -3.35. The zero-order chi connectivity index (χ0) is 33.9. The van der Waals surface area contributed by atoms with Gasteiger partial charge in [0, 0.05) is 49.4 Å². The molecular weight excluding hydrogens is 632 g/mol. The van der Waals surface area contributed by atoms with Crippen LogP contribution in [-0.2, 0) is 21.4 Å². The molecule has 0 aromatic heterocycles. The Labute approximate surface area is 285 Å². The summed E-state index contributed by atoms with van der Waals surface area (Å²) in [5.41, 5.74) is 2.20. The number of ether oxygens (including phenoxy) is 3. The molecule has 262 valence electrons. The molecule has 0 bridgehead atoms. The van der Waals surface area contributed by atoms with Gasteiger partial charge >= 0.3 is 6.09 Å². The SMILES string of the molecule is COc1cc(OC2CCN(S(=O)(=O)CCC(C)(C)N3CCCCC3)CC2)ccc1C(=O)N1CCC(N2C(=O)OCc3ccccc32)CC1. The molecule has 2 aromatic rings. The van der Waals surface area contributed by atoms with E-state index in [2.05, 4.69) is 18.7 Å². The van der Waals surface area contributed by atoms with Gasteiger partial charge in [0.1, 0.15) is 24.2 Å².